The lowest BCUT2D eigenvalue weighted by Gasteiger charge is -2.18. The second kappa shape index (κ2) is 67.8. The van der Waals surface area contributed by atoms with Crippen molar-refractivity contribution < 1.29 is 28.6 Å². The Morgan fingerprint density at radius 2 is 0.444 bits per heavy atom. The maximum atomic E-state index is 12.9. The minimum atomic E-state index is -0.802. The molecule has 0 aliphatic rings. The van der Waals surface area contributed by atoms with Crippen LogP contribution in [-0.2, 0) is 28.6 Å². The topological polar surface area (TPSA) is 78.9 Å². The van der Waals surface area contributed by atoms with E-state index in [0.29, 0.717) is 19.3 Å². The molecule has 0 aromatic heterocycles. The number of rotatable bonds is 59. The molecule has 458 valence electrons. The second-order valence-electron chi connectivity index (χ2n) is 21.6. The summed E-state index contributed by atoms with van der Waals surface area (Å²) in [5.74, 6) is -0.932. The zero-order chi connectivity index (χ0) is 58.5. The third-order valence-electron chi connectivity index (χ3n) is 13.8. The average Bonchev–Trinajstić information content (AvgIpc) is 3.46. The van der Waals surface area contributed by atoms with Gasteiger partial charge in [0.05, 0.1) is 0 Å². The predicted molar refractivity (Wildman–Crippen MR) is 352 cm³/mol. The van der Waals surface area contributed by atoms with Crippen molar-refractivity contribution in [2.24, 2.45) is 0 Å². The van der Waals surface area contributed by atoms with E-state index in [1.165, 1.54) is 103 Å². The molecule has 6 heteroatoms. The van der Waals surface area contributed by atoms with Gasteiger partial charge in [-0.15, -0.1) is 0 Å². The van der Waals surface area contributed by atoms with E-state index in [2.05, 4.69) is 167 Å². The standard InChI is InChI=1S/C75H122O6/c1-4-7-10-13-16-19-22-25-27-29-31-33-34-35-36-37-38-39-40-42-43-45-47-50-53-56-59-62-65-68-74(77)80-71-72(70-79-73(76)67-64-61-58-55-52-49-24-21-18-15-12-9-6-3)81-75(78)69-66-63-60-57-54-51-48-46-44-41-32-30-28-26-23-20-17-14-11-8-5-2/h7-12,16-21,25-28,31-33,35-36,41,49,52,72H,4-6,13-15,22-24,29-30,34,37-40,42-48,50-51,53-71H2,1-3H3/b10-7-,11-8-,12-9-,19-16-,20-17-,21-18-,27-25-,28-26-,33-31-,36-35-,41-32-,52-49-. The molecule has 0 heterocycles. The molecule has 0 aliphatic carbocycles. The van der Waals surface area contributed by atoms with Gasteiger partial charge in [-0.25, -0.2) is 0 Å². The van der Waals surface area contributed by atoms with E-state index in [0.717, 1.165) is 148 Å². The Morgan fingerprint density at radius 1 is 0.247 bits per heavy atom. The summed E-state index contributed by atoms with van der Waals surface area (Å²) in [5.41, 5.74) is 0. The van der Waals surface area contributed by atoms with Gasteiger partial charge in [0, 0.05) is 19.3 Å². The van der Waals surface area contributed by atoms with Crippen LogP contribution in [0.25, 0.3) is 0 Å². The Bertz CT molecular complexity index is 1760. The Kier molecular flexibility index (Phi) is 63.9. The summed E-state index contributed by atoms with van der Waals surface area (Å²) in [6.45, 7) is 6.28. The number of carbonyl (C=O) groups excluding carboxylic acids is 3. The fourth-order valence-corrected chi connectivity index (χ4v) is 8.95. The highest BCUT2D eigenvalue weighted by molar-refractivity contribution is 5.71. The van der Waals surface area contributed by atoms with Gasteiger partial charge in [0.25, 0.3) is 0 Å². The zero-order valence-corrected chi connectivity index (χ0v) is 52.5. The van der Waals surface area contributed by atoms with E-state index in [4.69, 9.17) is 14.2 Å². The van der Waals surface area contributed by atoms with Gasteiger partial charge in [-0.1, -0.05) is 282 Å². The lowest BCUT2D eigenvalue weighted by Crippen LogP contribution is -2.30. The van der Waals surface area contributed by atoms with Gasteiger partial charge in [-0.05, 0) is 135 Å². The predicted octanol–water partition coefficient (Wildman–Crippen LogP) is 23.1. The van der Waals surface area contributed by atoms with Crippen molar-refractivity contribution in [3.63, 3.8) is 0 Å². The first kappa shape index (κ1) is 76.3. The molecule has 0 N–H and O–H groups in total. The first-order chi connectivity index (χ1) is 40.0. The summed E-state index contributed by atoms with van der Waals surface area (Å²) in [6.07, 6.45) is 97.2. The summed E-state index contributed by atoms with van der Waals surface area (Å²) in [7, 11) is 0. The smallest absolute Gasteiger partial charge is 0.306 e. The molecule has 0 radical (unpaired) electrons. The van der Waals surface area contributed by atoms with Crippen LogP contribution in [0.2, 0.25) is 0 Å². The van der Waals surface area contributed by atoms with Crippen molar-refractivity contribution in [3.8, 4) is 0 Å². The van der Waals surface area contributed by atoms with Gasteiger partial charge in [-0.2, -0.15) is 0 Å². The van der Waals surface area contributed by atoms with E-state index in [-0.39, 0.29) is 31.1 Å². The highest BCUT2D eigenvalue weighted by atomic mass is 16.6. The Labute approximate surface area is 499 Å². The summed E-state index contributed by atoms with van der Waals surface area (Å²) in [5, 5.41) is 0. The molecular weight excluding hydrogens is 997 g/mol. The van der Waals surface area contributed by atoms with Crippen molar-refractivity contribution in [3.05, 3.63) is 146 Å². The summed E-state index contributed by atoms with van der Waals surface area (Å²) < 4.78 is 16.9. The lowest BCUT2D eigenvalue weighted by atomic mass is 10.0. The van der Waals surface area contributed by atoms with E-state index in [1.54, 1.807) is 0 Å². The van der Waals surface area contributed by atoms with Gasteiger partial charge in [-0.3, -0.25) is 14.4 Å². The van der Waals surface area contributed by atoms with Gasteiger partial charge in [0.1, 0.15) is 13.2 Å². The molecule has 0 aromatic carbocycles. The van der Waals surface area contributed by atoms with E-state index < -0.39 is 6.10 Å². The number of esters is 3. The molecule has 6 nitrogen and oxygen atoms in total. The van der Waals surface area contributed by atoms with Crippen LogP contribution in [-0.4, -0.2) is 37.2 Å². The number of hydrogen-bond acceptors (Lipinski definition) is 6. The quantitative estimate of drug-likeness (QED) is 0.0261. The van der Waals surface area contributed by atoms with Gasteiger partial charge in [0.2, 0.25) is 0 Å². The van der Waals surface area contributed by atoms with Gasteiger partial charge < -0.3 is 14.2 Å². The van der Waals surface area contributed by atoms with Gasteiger partial charge in [0.15, 0.2) is 6.10 Å². The number of hydrogen-bond donors (Lipinski definition) is 0. The Hall–Kier alpha value is -4.71. The molecule has 0 spiro atoms. The number of allylic oxidation sites excluding steroid dienone is 24. The maximum Gasteiger partial charge on any atom is 0.306 e. The van der Waals surface area contributed by atoms with Crippen molar-refractivity contribution in [1.29, 1.82) is 0 Å². The van der Waals surface area contributed by atoms with Crippen LogP contribution >= 0.6 is 0 Å². The Balaban J connectivity index is 4.32. The third-order valence-corrected chi connectivity index (χ3v) is 13.8. The van der Waals surface area contributed by atoms with Crippen molar-refractivity contribution in [2.45, 2.75) is 297 Å². The first-order valence-electron chi connectivity index (χ1n) is 33.3. The summed E-state index contributed by atoms with van der Waals surface area (Å²) >= 11 is 0. The number of unbranched alkanes of at least 4 members (excludes halogenated alkanes) is 24. The minimum Gasteiger partial charge on any atom is -0.462 e. The molecule has 0 aromatic rings. The molecular formula is C75H122O6. The number of ether oxygens (including phenoxy) is 3. The molecule has 0 saturated carbocycles. The summed E-state index contributed by atoms with van der Waals surface area (Å²) in [4.78, 5) is 38.4. The monoisotopic (exact) mass is 1120 g/mol. The fraction of sp³-hybridized carbons (Fsp3) is 0.640. The molecule has 0 bridgehead atoms. The Morgan fingerprint density at radius 3 is 0.704 bits per heavy atom. The first-order valence-corrected chi connectivity index (χ1v) is 33.3. The van der Waals surface area contributed by atoms with Crippen LogP contribution in [0.15, 0.2) is 146 Å². The van der Waals surface area contributed by atoms with E-state index >= 15 is 0 Å². The third kappa shape index (κ3) is 66.0. The molecule has 1 unspecified atom stereocenters. The normalized spacial score (nSPS) is 13.1. The van der Waals surface area contributed by atoms with Gasteiger partial charge >= 0.3 is 17.9 Å². The van der Waals surface area contributed by atoms with Crippen LogP contribution in [0, 0.1) is 0 Å². The highest BCUT2D eigenvalue weighted by Gasteiger charge is 2.19. The SMILES string of the molecule is CC/C=C\C/C=C\C/C=C\C/C=C\C/C=C\CCCCCCCCCCCCCCCC(=O)OCC(COC(=O)CCCCC/C=C\C/C=C\C/C=C\CC)OC(=O)CCCCCCCCCC/C=C\C/C=C\C/C=C\C/C=C\CC. The number of carbonyl (C=O) groups is 3. The molecule has 0 amide bonds. The van der Waals surface area contributed by atoms with Crippen molar-refractivity contribution in [2.75, 3.05) is 13.2 Å². The summed E-state index contributed by atoms with van der Waals surface area (Å²) in [6, 6.07) is 0. The van der Waals surface area contributed by atoms with Crippen molar-refractivity contribution >= 4 is 17.9 Å². The van der Waals surface area contributed by atoms with Crippen LogP contribution < -0.4 is 0 Å². The second-order valence-corrected chi connectivity index (χ2v) is 21.6. The zero-order valence-electron chi connectivity index (χ0n) is 52.5. The fourth-order valence-electron chi connectivity index (χ4n) is 8.95. The highest BCUT2D eigenvalue weighted by Crippen LogP contribution is 2.16. The van der Waals surface area contributed by atoms with Crippen LogP contribution in [0.3, 0.4) is 0 Å². The molecule has 81 heavy (non-hydrogen) atoms. The van der Waals surface area contributed by atoms with E-state index in [9.17, 15) is 14.4 Å². The van der Waals surface area contributed by atoms with Crippen LogP contribution in [0.1, 0.15) is 290 Å². The minimum absolute atomic E-state index is 0.0950. The molecule has 0 rings (SSSR count). The van der Waals surface area contributed by atoms with Crippen LogP contribution in [0.5, 0.6) is 0 Å². The average molecular weight is 1120 g/mol. The molecule has 1 atom stereocenters. The largest absolute Gasteiger partial charge is 0.462 e. The molecule has 0 aliphatic heterocycles. The molecule has 0 saturated heterocycles. The van der Waals surface area contributed by atoms with Crippen LogP contribution in [0.4, 0.5) is 0 Å². The lowest BCUT2D eigenvalue weighted by molar-refractivity contribution is -0.167. The molecule has 0 fully saturated rings. The maximum absolute atomic E-state index is 12.9. The van der Waals surface area contributed by atoms with E-state index in [1.807, 2.05) is 0 Å². The van der Waals surface area contributed by atoms with Crippen molar-refractivity contribution in [1.82, 2.24) is 0 Å².